The molecule has 0 aliphatic heterocycles. The molecule has 28 heavy (non-hydrogen) atoms. The van der Waals surface area contributed by atoms with Gasteiger partial charge in [0.15, 0.2) is 5.78 Å². The minimum atomic E-state index is -0.753. The minimum Gasteiger partial charge on any atom is -0.481 e. The Morgan fingerprint density at radius 2 is 2.25 bits per heavy atom. The van der Waals surface area contributed by atoms with Crippen LogP contribution in [0, 0.1) is 11.8 Å². The fourth-order valence-corrected chi connectivity index (χ4v) is 4.58. The molecule has 1 aliphatic carbocycles. The predicted octanol–water partition coefficient (Wildman–Crippen LogP) is 5.71. The second-order valence-corrected chi connectivity index (χ2v) is 9.33. The van der Waals surface area contributed by atoms with Crippen LogP contribution in [0.25, 0.3) is 0 Å². The molecule has 2 atom stereocenters. The summed E-state index contributed by atoms with van der Waals surface area (Å²) in [4.78, 5) is 28.4. The van der Waals surface area contributed by atoms with E-state index in [0.717, 1.165) is 42.0 Å². The molecule has 1 aromatic heterocycles. The van der Waals surface area contributed by atoms with Gasteiger partial charge < -0.3 is 5.11 Å². The Kier molecular flexibility index (Phi) is 9.71. The van der Waals surface area contributed by atoms with Gasteiger partial charge in [-0.3, -0.25) is 9.59 Å². The number of hydrogen-bond acceptors (Lipinski definition) is 5. The van der Waals surface area contributed by atoms with Gasteiger partial charge in [0, 0.05) is 29.0 Å². The molecule has 1 aromatic rings. The highest BCUT2D eigenvalue weighted by molar-refractivity contribution is 8.00. The van der Waals surface area contributed by atoms with Crippen molar-refractivity contribution in [2.75, 3.05) is 6.26 Å². The standard InChI is InChI=1S/C22H29NO3S2/c1-16(9-12-18-15-23-22(27-2)28-18)10-13-19-17(11-14-20(19)24)7-5-3-4-6-8-21(25)26/h3,5,11,13-17H,4,6-10,12H2,1-2H3,(H,25,26)/b5-3-,19-13+/t16-,17-/m0/s1. The summed E-state index contributed by atoms with van der Waals surface area (Å²) in [5.74, 6) is 0.0506. The summed E-state index contributed by atoms with van der Waals surface area (Å²) in [5.41, 5.74) is 0.907. The molecule has 0 bridgehead atoms. The molecule has 152 valence electrons. The summed E-state index contributed by atoms with van der Waals surface area (Å²) < 4.78 is 1.12. The third-order valence-electron chi connectivity index (χ3n) is 4.81. The first-order valence-electron chi connectivity index (χ1n) is 9.77. The molecule has 0 radical (unpaired) electrons. The number of ketones is 1. The van der Waals surface area contributed by atoms with Crippen molar-refractivity contribution in [3.8, 4) is 0 Å². The van der Waals surface area contributed by atoms with Gasteiger partial charge in [0.25, 0.3) is 0 Å². The molecule has 6 heteroatoms. The second kappa shape index (κ2) is 12.0. The maximum absolute atomic E-state index is 12.2. The summed E-state index contributed by atoms with van der Waals surface area (Å²) in [6, 6.07) is 0. The van der Waals surface area contributed by atoms with Crippen molar-refractivity contribution < 1.29 is 14.7 Å². The number of allylic oxidation sites excluding steroid dienone is 6. The monoisotopic (exact) mass is 419 g/mol. The van der Waals surface area contributed by atoms with Crippen molar-refractivity contribution in [2.24, 2.45) is 11.8 Å². The van der Waals surface area contributed by atoms with Crippen molar-refractivity contribution >= 4 is 34.9 Å². The summed E-state index contributed by atoms with van der Waals surface area (Å²) >= 11 is 3.45. The average Bonchev–Trinajstić information content (AvgIpc) is 3.27. The number of carboxylic acid groups (broad SMARTS) is 1. The van der Waals surface area contributed by atoms with Crippen LogP contribution in [-0.2, 0) is 16.0 Å². The van der Waals surface area contributed by atoms with E-state index < -0.39 is 5.97 Å². The predicted molar refractivity (Wildman–Crippen MR) is 117 cm³/mol. The first kappa shape index (κ1) is 22.6. The molecule has 4 nitrogen and oxygen atoms in total. The van der Waals surface area contributed by atoms with Crippen molar-refractivity contribution in [1.29, 1.82) is 0 Å². The number of hydrogen-bond donors (Lipinski definition) is 1. The summed E-state index contributed by atoms with van der Waals surface area (Å²) in [7, 11) is 0. The zero-order chi connectivity index (χ0) is 20.4. The molecule has 0 amide bonds. The molecule has 0 fully saturated rings. The summed E-state index contributed by atoms with van der Waals surface area (Å²) in [6.07, 6.45) is 19.4. The van der Waals surface area contributed by atoms with Gasteiger partial charge in [-0.25, -0.2) is 4.98 Å². The molecule has 0 saturated carbocycles. The van der Waals surface area contributed by atoms with E-state index in [1.807, 2.05) is 24.6 Å². The average molecular weight is 420 g/mol. The van der Waals surface area contributed by atoms with Crippen molar-refractivity contribution in [3.05, 3.63) is 47.0 Å². The van der Waals surface area contributed by atoms with Gasteiger partial charge in [0.05, 0.1) is 0 Å². The fraction of sp³-hybridized carbons (Fsp3) is 0.500. The third kappa shape index (κ3) is 7.76. The van der Waals surface area contributed by atoms with Gasteiger partial charge in [-0.15, -0.1) is 11.3 Å². The SMILES string of the molecule is CSc1ncc(CC[C@H](C)C/C=C2/C(=O)C=C[C@@H]2C/C=C\CCCC(=O)O)s1. The van der Waals surface area contributed by atoms with E-state index >= 15 is 0 Å². The van der Waals surface area contributed by atoms with Crippen LogP contribution >= 0.6 is 23.1 Å². The zero-order valence-electron chi connectivity index (χ0n) is 16.6. The number of carbonyl (C=O) groups is 2. The molecule has 2 rings (SSSR count). The lowest BCUT2D eigenvalue weighted by Gasteiger charge is -2.11. The van der Waals surface area contributed by atoms with Crippen LogP contribution in [0.1, 0.15) is 50.3 Å². The summed E-state index contributed by atoms with van der Waals surface area (Å²) in [5, 5.41) is 8.64. The molecule has 0 saturated heterocycles. The maximum atomic E-state index is 12.2. The van der Waals surface area contributed by atoms with E-state index in [-0.39, 0.29) is 18.1 Å². The number of nitrogens with zero attached hydrogens (tertiary/aromatic N) is 1. The zero-order valence-corrected chi connectivity index (χ0v) is 18.2. The van der Waals surface area contributed by atoms with Crippen LogP contribution < -0.4 is 0 Å². The Bertz CT molecular complexity index is 749. The van der Waals surface area contributed by atoms with Crippen LogP contribution in [0.15, 0.2) is 46.5 Å². The van der Waals surface area contributed by atoms with Crippen LogP contribution in [-0.4, -0.2) is 28.1 Å². The van der Waals surface area contributed by atoms with Gasteiger partial charge >= 0.3 is 5.97 Å². The Morgan fingerprint density at radius 3 is 2.96 bits per heavy atom. The lowest BCUT2D eigenvalue weighted by Crippen LogP contribution is -2.04. The number of thiazole rings is 1. The fourth-order valence-electron chi connectivity index (χ4n) is 3.11. The number of carbonyl (C=O) groups excluding carboxylic acids is 1. The molecule has 0 unspecified atom stereocenters. The van der Waals surface area contributed by atoms with E-state index in [1.165, 1.54) is 4.88 Å². The first-order chi connectivity index (χ1) is 13.5. The number of aliphatic carboxylic acids is 1. The summed E-state index contributed by atoms with van der Waals surface area (Å²) in [6.45, 7) is 2.23. The van der Waals surface area contributed by atoms with Crippen molar-refractivity contribution in [1.82, 2.24) is 4.98 Å². The Balaban J connectivity index is 1.77. The molecule has 1 aliphatic rings. The Hall–Kier alpha value is -1.66. The molecule has 0 aromatic carbocycles. The number of aromatic nitrogens is 1. The third-order valence-corrected chi connectivity index (χ3v) is 6.87. The molecule has 1 heterocycles. The van der Waals surface area contributed by atoms with E-state index in [2.05, 4.69) is 24.1 Å². The molecular formula is C22H29NO3S2. The molecule has 0 spiro atoms. The smallest absolute Gasteiger partial charge is 0.303 e. The minimum absolute atomic E-state index is 0.128. The molecular weight excluding hydrogens is 390 g/mol. The van der Waals surface area contributed by atoms with Crippen LogP contribution in [0.2, 0.25) is 0 Å². The van der Waals surface area contributed by atoms with Crippen LogP contribution in [0.4, 0.5) is 0 Å². The van der Waals surface area contributed by atoms with Crippen molar-refractivity contribution in [3.63, 3.8) is 0 Å². The quantitative estimate of drug-likeness (QED) is 0.203. The number of unbranched alkanes of at least 4 members (excludes halogenated alkanes) is 1. The number of rotatable bonds is 12. The normalized spacial score (nSPS) is 19.1. The van der Waals surface area contributed by atoms with Gasteiger partial charge in [-0.2, -0.15) is 0 Å². The topological polar surface area (TPSA) is 67.3 Å². The largest absolute Gasteiger partial charge is 0.481 e. The van der Waals surface area contributed by atoms with E-state index in [0.29, 0.717) is 12.3 Å². The molecule has 1 N–H and O–H groups in total. The lowest BCUT2D eigenvalue weighted by atomic mass is 9.93. The maximum Gasteiger partial charge on any atom is 0.303 e. The Morgan fingerprint density at radius 1 is 1.43 bits per heavy atom. The highest BCUT2D eigenvalue weighted by Gasteiger charge is 2.21. The van der Waals surface area contributed by atoms with Crippen molar-refractivity contribution in [2.45, 2.75) is 56.2 Å². The van der Waals surface area contributed by atoms with E-state index in [4.69, 9.17) is 5.11 Å². The number of aryl methyl sites for hydroxylation is 1. The highest BCUT2D eigenvalue weighted by atomic mass is 32.2. The van der Waals surface area contributed by atoms with Gasteiger partial charge in [0.1, 0.15) is 4.34 Å². The highest BCUT2D eigenvalue weighted by Crippen LogP contribution is 2.28. The van der Waals surface area contributed by atoms with E-state index in [9.17, 15) is 9.59 Å². The van der Waals surface area contributed by atoms with Gasteiger partial charge in [-0.1, -0.05) is 43.0 Å². The van der Waals surface area contributed by atoms with Crippen LogP contribution in [0.3, 0.4) is 0 Å². The van der Waals surface area contributed by atoms with Gasteiger partial charge in [-0.05, 0) is 56.8 Å². The Labute approximate surface area is 175 Å². The first-order valence-corrected chi connectivity index (χ1v) is 11.8. The van der Waals surface area contributed by atoms with Crippen LogP contribution in [0.5, 0.6) is 0 Å². The van der Waals surface area contributed by atoms with Gasteiger partial charge in [0.2, 0.25) is 0 Å². The second-order valence-electron chi connectivity index (χ2n) is 7.16. The number of thioether (sulfide) groups is 1. The lowest BCUT2D eigenvalue weighted by molar-refractivity contribution is -0.137. The number of carboxylic acids is 1. The van der Waals surface area contributed by atoms with E-state index in [1.54, 1.807) is 29.2 Å².